The highest BCUT2D eigenvalue weighted by Gasteiger charge is 2.17. The fourth-order valence-electron chi connectivity index (χ4n) is 1.56. The zero-order valence-electron chi connectivity index (χ0n) is 10.4. The van der Waals surface area contributed by atoms with Crippen molar-refractivity contribution in [2.75, 3.05) is 0 Å². The van der Waals surface area contributed by atoms with Crippen LogP contribution in [0.4, 0.5) is 4.39 Å². The van der Waals surface area contributed by atoms with Gasteiger partial charge in [0.15, 0.2) is 0 Å². The highest BCUT2D eigenvalue weighted by molar-refractivity contribution is 5.83. The summed E-state index contributed by atoms with van der Waals surface area (Å²) in [6, 6.07) is 4.90. The lowest BCUT2D eigenvalue weighted by molar-refractivity contribution is -0.141. The van der Waals surface area contributed by atoms with Gasteiger partial charge in [-0.05, 0) is 30.5 Å². The lowest BCUT2D eigenvalue weighted by atomic mass is 10.1. The van der Waals surface area contributed by atoms with Crippen molar-refractivity contribution < 1.29 is 19.1 Å². The van der Waals surface area contributed by atoms with E-state index in [2.05, 4.69) is 11.9 Å². The van der Waals surface area contributed by atoms with Crippen molar-refractivity contribution in [1.82, 2.24) is 5.32 Å². The molecule has 0 saturated carbocycles. The van der Waals surface area contributed by atoms with E-state index in [0.717, 1.165) is 5.56 Å². The summed E-state index contributed by atoms with van der Waals surface area (Å²) < 4.78 is 12.7. The van der Waals surface area contributed by atoms with Crippen LogP contribution in [0.1, 0.15) is 18.4 Å². The molecule has 0 saturated heterocycles. The van der Waals surface area contributed by atoms with E-state index in [4.69, 9.17) is 5.11 Å². The van der Waals surface area contributed by atoms with Gasteiger partial charge in [-0.2, -0.15) is 0 Å². The number of aryl methyl sites for hydroxylation is 1. The fourth-order valence-corrected chi connectivity index (χ4v) is 1.56. The molecule has 1 amide bonds. The second-order valence-corrected chi connectivity index (χ2v) is 4.11. The van der Waals surface area contributed by atoms with Gasteiger partial charge in [-0.15, -0.1) is 6.58 Å². The summed E-state index contributed by atoms with van der Waals surface area (Å²) in [7, 11) is 0. The summed E-state index contributed by atoms with van der Waals surface area (Å²) in [6.45, 7) is 3.44. The Kier molecular flexibility index (Phi) is 5.73. The molecule has 1 unspecified atom stereocenters. The van der Waals surface area contributed by atoms with Crippen molar-refractivity contribution in [2.24, 2.45) is 0 Å². The number of carboxylic acid groups (broad SMARTS) is 1. The van der Waals surface area contributed by atoms with Gasteiger partial charge in [-0.1, -0.05) is 18.2 Å². The lowest BCUT2D eigenvalue weighted by Gasteiger charge is -2.12. The Bertz CT molecular complexity index is 456. The Morgan fingerprint density at radius 2 is 2.00 bits per heavy atom. The number of hydrogen-bond acceptors (Lipinski definition) is 2. The molecule has 0 radical (unpaired) electrons. The molecular formula is C14H16FNO3. The van der Waals surface area contributed by atoms with Gasteiger partial charge in [0, 0.05) is 6.42 Å². The number of carboxylic acids is 1. The van der Waals surface area contributed by atoms with Crippen LogP contribution in [0, 0.1) is 5.82 Å². The number of amides is 1. The van der Waals surface area contributed by atoms with Crippen molar-refractivity contribution in [3.05, 3.63) is 48.3 Å². The smallest absolute Gasteiger partial charge is 0.326 e. The largest absolute Gasteiger partial charge is 0.480 e. The molecule has 102 valence electrons. The Labute approximate surface area is 110 Å². The summed E-state index contributed by atoms with van der Waals surface area (Å²) >= 11 is 0. The van der Waals surface area contributed by atoms with Crippen LogP contribution >= 0.6 is 0 Å². The summed E-state index contributed by atoms with van der Waals surface area (Å²) in [5, 5.41) is 11.3. The number of hydrogen-bond donors (Lipinski definition) is 2. The monoisotopic (exact) mass is 265 g/mol. The highest BCUT2D eigenvalue weighted by Crippen LogP contribution is 2.05. The van der Waals surface area contributed by atoms with E-state index in [0.29, 0.717) is 6.42 Å². The van der Waals surface area contributed by atoms with E-state index in [1.165, 1.54) is 18.2 Å². The van der Waals surface area contributed by atoms with Crippen LogP contribution in [-0.4, -0.2) is 23.0 Å². The third-order valence-electron chi connectivity index (χ3n) is 2.59. The molecule has 1 atom stereocenters. The van der Waals surface area contributed by atoms with Crippen molar-refractivity contribution in [2.45, 2.75) is 25.3 Å². The number of carbonyl (C=O) groups excluding carboxylic acids is 1. The highest BCUT2D eigenvalue weighted by atomic mass is 19.1. The van der Waals surface area contributed by atoms with Crippen molar-refractivity contribution in [3.63, 3.8) is 0 Å². The first kappa shape index (κ1) is 14.9. The summed E-state index contributed by atoms with van der Waals surface area (Å²) in [4.78, 5) is 22.4. The van der Waals surface area contributed by atoms with E-state index in [-0.39, 0.29) is 24.6 Å². The predicted octanol–water partition coefficient (Wildman–Crippen LogP) is 1.90. The summed E-state index contributed by atoms with van der Waals surface area (Å²) in [6.07, 6.45) is 2.22. The topological polar surface area (TPSA) is 66.4 Å². The van der Waals surface area contributed by atoms with Gasteiger partial charge < -0.3 is 10.4 Å². The average molecular weight is 265 g/mol. The number of halogens is 1. The molecule has 2 N–H and O–H groups in total. The van der Waals surface area contributed by atoms with Gasteiger partial charge in [0.2, 0.25) is 5.91 Å². The molecule has 0 bridgehead atoms. The van der Waals surface area contributed by atoms with Crippen molar-refractivity contribution >= 4 is 11.9 Å². The summed E-state index contributed by atoms with van der Waals surface area (Å²) in [5.41, 5.74) is 0.826. The zero-order valence-corrected chi connectivity index (χ0v) is 10.4. The van der Waals surface area contributed by atoms with Crippen molar-refractivity contribution in [1.29, 1.82) is 0 Å². The molecular weight excluding hydrogens is 249 g/mol. The Hall–Kier alpha value is -2.17. The molecule has 1 rings (SSSR count). The standard InChI is InChI=1S/C14H16FNO3/c1-2-3-12(14(18)19)16-13(17)9-6-10-4-7-11(15)8-5-10/h2,4-5,7-8,12H,1,3,6,9H2,(H,16,17)(H,18,19). The van der Waals surface area contributed by atoms with E-state index < -0.39 is 12.0 Å². The minimum Gasteiger partial charge on any atom is -0.480 e. The van der Waals surface area contributed by atoms with Crippen molar-refractivity contribution in [3.8, 4) is 0 Å². The SMILES string of the molecule is C=CCC(NC(=O)CCc1ccc(F)cc1)C(=O)O. The van der Waals surface area contributed by atoms with Crippen LogP contribution in [0.25, 0.3) is 0 Å². The predicted molar refractivity (Wildman–Crippen MR) is 69.1 cm³/mol. The normalized spacial score (nSPS) is 11.6. The molecule has 19 heavy (non-hydrogen) atoms. The maximum absolute atomic E-state index is 12.7. The summed E-state index contributed by atoms with van der Waals surface area (Å²) in [5.74, 6) is -1.77. The maximum Gasteiger partial charge on any atom is 0.326 e. The second-order valence-electron chi connectivity index (χ2n) is 4.11. The Morgan fingerprint density at radius 1 is 1.37 bits per heavy atom. The molecule has 4 nitrogen and oxygen atoms in total. The van der Waals surface area contributed by atoms with E-state index in [1.807, 2.05) is 0 Å². The van der Waals surface area contributed by atoms with Gasteiger partial charge in [-0.3, -0.25) is 4.79 Å². The van der Waals surface area contributed by atoms with Gasteiger partial charge >= 0.3 is 5.97 Å². The van der Waals surface area contributed by atoms with Gasteiger partial charge in [-0.25, -0.2) is 9.18 Å². The molecule has 0 aliphatic carbocycles. The number of nitrogens with one attached hydrogen (secondary N) is 1. The van der Waals surface area contributed by atoms with Crippen LogP contribution in [-0.2, 0) is 16.0 Å². The number of rotatable bonds is 7. The number of benzene rings is 1. The van der Waals surface area contributed by atoms with Gasteiger partial charge in [0.25, 0.3) is 0 Å². The van der Waals surface area contributed by atoms with Gasteiger partial charge in [0.05, 0.1) is 0 Å². The first-order valence-corrected chi connectivity index (χ1v) is 5.90. The van der Waals surface area contributed by atoms with E-state index in [9.17, 15) is 14.0 Å². The Balaban J connectivity index is 2.44. The molecule has 1 aromatic rings. The molecule has 0 heterocycles. The number of carbonyl (C=O) groups is 2. The molecule has 0 fully saturated rings. The molecule has 1 aromatic carbocycles. The van der Waals surface area contributed by atoms with Gasteiger partial charge in [0.1, 0.15) is 11.9 Å². The average Bonchev–Trinajstić information content (AvgIpc) is 2.37. The molecule has 5 heteroatoms. The first-order chi connectivity index (χ1) is 9.02. The van der Waals surface area contributed by atoms with E-state index >= 15 is 0 Å². The van der Waals surface area contributed by atoms with Crippen LogP contribution < -0.4 is 5.32 Å². The van der Waals surface area contributed by atoms with Crippen LogP contribution in [0.5, 0.6) is 0 Å². The Morgan fingerprint density at radius 3 is 2.53 bits per heavy atom. The van der Waals surface area contributed by atoms with Crippen LogP contribution in [0.15, 0.2) is 36.9 Å². The molecule has 0 spiro atoms. The third-order valence-corrected chi connectivity index (χ3v) is 2.59. The fraction of sp³-hybridized carbons (Fsp3) is 0.286. The zero-order chi connectivity index (χ0) is 14.3. The lowest BCUT2D eigenvalue weighted by Crippen LogP contribution is -2.40. The molecule has 0 aliphatic rings. The minimum absolute atomic E-state index is 0.159. The molecule has 0 aromatic heterocycles. The van der Waals surface area contributed by atoms with Crippen LogP contribution in [0.2, 0.25) is 0 Å². The van der Waals surface area contributed by atoms with Crippen LogP contribution in [0.3, 0.4) is 0 Å². The minimum atomic E-state index is -1.09. The number of aliphatic carboxylic acids is 1. The maximum atomic E-state index is 12.7. The van der Waals surface area contributed by atoms with E-state index in [1.54, 1.807) is 12.1 Å². The quantitative estimate of drug-likeness (QED) is 0.740. The molecule has 0 aliphatic heterocycles. The first-order valence-electron chi connectivity index (χ1n) is 5.90. The second kappa shape index (κ2) is 7.31. The third kappa shape index (κ3) is 5.33.